The van der Waals surface area contributed by atoms with Crippen LogP contribution in [0.4, 0.5) is 20.2 Å². The van der Waals surface area contributed by atoms with Gasteiger partial charge in [-0.25, -0.2) is 22.0 Å². The maximum absolute atomic E-state index is 14.0. The fraction of sp³-hybridized carbons (Fsp3) is 0.293. The summed E-state index contributed by atoms with van der Waals surface area (Å²) < 4.78 is 59.4. The first kappa shape index (κ1) is 45.3. The molecule has 4 rings (SSSR count). The van der Waals surface area contributed by atoms with E-state index in [0.717, 1.165) is 28.3 Å². The number of aliphatic hydroxyl groups excluding tert-OH is 1. The quantitative estimate of drug-likeness (QED) is 0.0837. The Morgan fingerprint density at radius 3 is 1.90 bits per heavy atom. The number of aromatic carboxylic acids is 1. The molecule has 0 saturated heterocycles. The number of carboxylic acids is 1. The Morgan fingerprint density at radius 1 is 0.780 bits per heavy atom. The van der Waals surface area contributed by atoms with Crippen LogP contribution in [0.15, 0.2) is 91.0 Å². The number of nitrogens with zero attached hydrogens (tertiary/aromatic N) is 1. The molecule has 0 aliphatic heterocycles. The summed E-state index contributed by atoms with van der Waals surface area (Å²) in [5, 5.41) is 31.0. The summed E-state index contributed by atoms with van der Waals surface area (Å²) in [7, 11) is -2.67. The maximum Gasteiger partial charge on any atom is 0.335 e. The second kappa shape index (κ2) is 19.8. The van der Waals surface area contributed by atoms with Gasteiger partial charge in [-0.15, -0.1) is 0 Å². The average molecular weight is 838 g/mol. The van der Waals surface area contributed by atoms with Crippen molar-refractivity contribution in [1.29, 1.82) is 0 Å². The molecule has 59 heavy (non-hydrogen) atoms. The van der Waals surface area contributed by atoms with E-state index in [-0.39, 0.29) is 33.8 Å². The first-order valence-corrected chi connectivity index (χ1v) is 20.0. The van der Waals surface area contributed by atoms with Crippen LogP contribution in [0.25, 0.3) is 0 Å². The fourth-order valence-electron chi connectivity index (χ4n) is 5.67. The molecule has 6 N–H and O–H groups in total. The molecule has 4 aromatic rings. The number of ether oxygens (including phenoxy) is 1. The topological polar surface area (TPSA) is 221 Å². The van der Waals surface area contributed by atoms with Gasteiger partial charge in [-0.3, -0.25) is 23.5 Å². The summed E-state index contributed by atoms with van der Waals surface area (Å²) in [6.07, 6.45) is -1.56. The van der Waals surface area contributed by atoms with E-state index in [2.05, 4.69) is 21.3 Å². The Hall–Kier alpha value is -6.40. The summed E-state index contributed by atoms with van der Waals surface area (Å²) in [6.45, 7) is 4.39. The zero-order valence-corrected chi connectivity index (χ0v) is 33.5. The van der Waals surface area contributed by atoms with E-state index < -0.39 is 94.4 Å². The van der Waals surface area contributed by atoms with Gasteiger partial charge in [0.05, 0.1) is 42.1 Å². The lowest BCUT2D eigenvalue weighted by molar-refractivity contribution is -0.129. The maximum atomic E-state index is 14.0. The minimum atomic E-state index is -3.89. The molecule has 15 nitrogen and oxygen atoms in total. The van der Waals surface area contributed by atoms with Gasteiger partial charge in [0.25, 0.3) is 11.8 Å². The van der Waals surface area contributed by atoms with Crippen molar-refractivity contribution in [2.24, 2.45) is 5.92 Å². The molecular weight excluding hydrogens is 793 g/mol. The van der Waals surface area contributed by atoms with E-state index in [9.17, 15) is 46.3 Å². The lowest BCUT2D eigenvalue weighted by atomic mass is 10.0. The molecule has 0 aliphatic rings. The number of aliphatic hydroxyl groups is 1. The zero-order chi connectivity index (χ0) is 43.6. The number of carboxylic acid groups (broad SMARTS) is 1. The molecule has 4 aromatic carbocycles. The largest absolute Gasteiger partial charge is 0.491 e. The van der Waals surface area contributed by atoms with Crippen molar-refractivity contribution in [2.45, 2.75) is 51.4 Å². The Labute approximate surface area is 339 Å². The van der Waals surface area contributed by atoms with Crippen LogP contribution in [0.2, 0.25) is 0 Å². The van der Waals surface area contributed by atoms with Gasteiger partial charge >= 0.3 is 5.97 Å². The van der Waals surface area contributed by atoms with Crippen molar-refractivity contribution < 1.29 is 56.1 Å². The Morgan fingerprint density at radius 2 is 1.36 bits per heavy atom. The summed E-state index contributed by atoms with van der Waals surface area (Å²) in [4.78, 5) is 65.1. The van der Waals surface area contributed by atoms with Crippen molar-refractivity contribution in [3.05, 3.63) is 125 Å². The van der Waals surface area contributed by atoms with Crippen molar-refractivity contribution in [3.63, 3.8) is 0 Å². The summed E-state index contributed by atoms with van der Waals surface area (Å²) in [5.41, 5.74) is 0.636. The molecule has 0 unspecified atom stereocenters. The number of sulfonamides is 1. The highest BCUT2D eigenvalue weighted by Gasteiger charge is 2.30. The highest BCUT2D eigenvalue weighted by molar-refractivity contribution is 7.92. The second-order valence-electron chi connectivity index (χ2n) is 14.0. The van der Waals surface area contributed by atoms with Crippen LogP contribution >= 0.6 is 0 Å². The molecule has 0 radical (unpaired) electrons. The van der Waals surface area contributed by atoms with E-state index in [1.54, 1.807) is 51.1 Å². The highest BCUT2D eigenvalue weighted by Crippen LogP contribution is 2.23. The summed E-state index contributed by atoms with van der Waals surface area (Å²) >= 11 is 0. The van der Waals surface area contributed by atoms with E-state index in [0.29, 0.717) is 6.07 Å². The minimum absolute atomic E-state index is 0.00721. The van der Waals surface area contributed by atoms with Crippen LogP contribution < -0.4 is 30.3 Å². The Bertz CT molecular complexity index is 2260. The summed E-state index contributed by atoms with van der Waals surface area (Å²) in [5.74, 6) is -6.99. The number of benzene rings is 4. The van der Waals surface area contributed by atoms with E-state index >= 15 is 0 Å². The van der Waals surface area contributed by atoms with Crippen molar-refractivity contribution in [1.82, 2.24) is 16.0 Å². The molecule has 0 aliphatic carbocycles. The number of carbonyl (C=O) groups excluding carboxylic acids is 4. The number of nitrogens with one attached hydrogen (secondary N) is 4. The number of anilines is 2. The van der Waals surface area contributed by atoms with Gasteiger partial charge in [-0.1, -0.05) is 44.2 Å². The van der Waals surface area contributed by atoms with Crippen LogP contribution in [0, 0.1) is 17.6 Å². The van der Waals surface area contributed by atoms with Crippen LogP contribution in [0.5, 0.6) is 5.75 Å². The van der Waals surface area contributed by atoms with Crippen LogP contribution in [-0.2, 0) is 19.6 Å². The van der Waals surface area contributed by atoms with Gasteiger partial charge in [-0.05, 0) is 60.9 Å². The monoisotopic (exact) mass is 837 g/mol. The summed E-state index contributed by atoms with van der Waals surface area (Å²) in [6, 6.07) is 17.2. The van der Waals surface area contributed by atoms with E-state index in [1.165, 1.54) is 49.5 Å². The average Bonchev–Trinajstić information content (AvgIpc) is 3.17. The van der Waals surface area contributed by atoms with Gasteiger partial charge in [0.2, 0.25) is 21.8 Å². The Balaban J connectivity index is 1.59. The normalized spacial score (nSPS) is 13.3. The first-order chi connectivity index (χ1) is 27.7. The smallest absolute Gasteiger partial charge is 0.335 e. The number of hydrogen-bond acceptors (Lipinski definition) is 9. The standard InChI is InChI=1S/C41H45F2N5O10S/c1-23(2)37(40(53)45-31-13-11-26(12-14-31)41(54)55)47-36(50)21-35(49)34(22-58-33-19-29(42)18-30(43)20-33)46-39(52)28-15-27(16-32(17-28)48(4)59(5,56)57)38(51)44-24(3)25-9-7-6-8-10-25/h6-20,23-24,34-35,37,49H,21-22H2,1-5H3,(H,44,51)(H,45,53)(H,46,52)(H,47,50)(H,54,55)/t24-,34+,35+,37+/m1/s1. The van der Waals surface area contributed by atoms with Gasteiger partial charge < -0.3 is 36.2 Å². The molecule has 4 amide bonds. The van der Waals surface area contributed by atoms with E-state index in [1.807, 2.05) is 0 Å². The molecule has 0 saturated carbocycles. The Kier molecular flexibility index (Phi) is 15.2. The number of carbonyl (C=O) groups is 5. The van der Waals surface area contributed by atoms with Crippen molar-refractivity contribution in [3.8, 4) is 5.75 Å². The highest BCUT2D eigenvalue weighted by atomic mass is 32.2. The van der Waals surface area contributed by atoms with Gasteiger partial charge in [-0.2, -0.15) is 0 Å². The lowest BCUT2D eigenvalue weighted by Crippen LogP contribution is -2.51. The number of hydrogen-bond donors (Lipinski definition) is 6. The third-order valence-corrected chi connectivity index (χ3v) is 10.3. The van der Waals surface area contributed by atoms with Crippen LogP contribution in [0.3, 0.4) is 0 Å². The minimum Gasteiger partial charge on any atom is -0.491 e. The predicted octanol–water partition coefficient (Wildman–Crippen LogP) is 4.26. The number of amides is 4. The fourth-order valence-corrected chi connectivity index (χ4v) is 6.15. The van der Waals surface area contributed by atoms with Crippen molar-refractivity contribution >= 4 is 51.0 Å². The first-order valence-electron chi connectivity index (χ1n) is 18.2. The zero-order valence-electron chi connectivity index (χ0n) is 32.7. The molecular formula is C41H45F2N5O10S. The molecule has 0 bridgehead atoms. The molecule has 0 fully saturated rings. The van der Waals surface area contributed by atoms with Crippen LogP contribution in [0.1, 0.15) is 69.9 Å². The SMILES string of the molecule is CC(C)[C@H](NC(=O)C[C@H](O)[C@H](COc1cc(F)cc(F)c1)NC(=O)c1cc(C(=O)N[C@H](C)c2ccccc2)cc(N(C)S(C)(=O)=O)c1)C(=O)Nc1ccc(C(=O)O)cc1. The van der Waals surface area contributed by atoms with E-state index in [4.69, 9.17) is 9.84 Å². The van der Waals surface area contributed by atoms with Gasteiger partial charge in [0, 0.05) is 42.1 Å². The lowest BCUT2D eigenvalue weighted by Gasteiger charge is -2.26. The van der Waals surface area contributed by atoms with Crippen LogP contribution in [-0.4, -0.2) is 86.3 Å². The second-order valence-corrected chi connectivity index (χ2v) is 16.0. The predicted molar refractivity (Wildman–Crippen MR) is 215 cm³/mol. The molecule has 0 heterocycles. The number of halogens is 2. The third kappa shape index (κ3) is 13.1. The molecule has 0 aromatic heterocycles. The molecule has 0 spiro atoms. The van der Waals surface area contributed by atoms with Gasteiger partial charge in [0.15, 0.2) is 0 Å². The van der Waals surface area contributed by atoms with Crippen molar-refractivity contribution in [2.75, 3.05) is 29.5 Å². The molecule has 4 atom stereocenters. The molecule has 314 valence electrons. The number of rotatable bonds is 18. The third-order valence-electron chi connectivity index (χ3n) is 9.06. The van der Waals surface area contributed by atoms with Gasteiger partial charge in [0.1, 0.15) is 30.0 Å². The molecule has 18 heteroatoms.